The molecule has 4 nitrogen and oxygen atoms in total. The molecule has 0 bridgehead atoms. The molecule has 2 aromatic rings. The summed E-state index contributed by atoms with van der Waals surface area (Å²) in [6.07, 6.45) is 2.75. The summed E-state index contributed by atoms with van der Waals surface area (Å²) in [7, 11) is 0. The van der Waals surface area contributed by atoms with Crippen molar-refractivity contribution in [2.75, 3.05) is 5.32 Å². The zero-order valence-corrected chi connectivity index (χ0v) is 13.2. The number of unbranched alkanes of at least 4 members (excludes halogenated alkanes) is 1. The number of anilines is 1. The molecule has 0 saturated heterocycles. The van der Waals surface area contributed by atoms with E-state index in [-0.39, 0.29) is 0 Å². The molecule has 1 aromatic heterocycles. The van der Waals surface area contributed by atoms with E-state index in [4.69, 9.17) is 9.15 Å². The summed E-state index contributed by atoms with van der Waals surface area (Å²) in [6.45, 7) is 7.68. The number of carbonyl (C=O) groups is 1. The molecule has 0 fully saturated rings. The number of aryl methyl sites for hydroxylation is 1. The second-order valence-corrected chi connectivity index (χ2v) is 6.20. The number of hydrogen-bond acceptors (Lipinski definition) is 3. The van der Waals surface area contributed by atoms with Gasteiger partial charge < -0.3 is 9.15 Å². The topological polar surface area (TPSA) is 51.5 Å². The number of fused-ring (bicyclic) bond motifs is 1. The fraction of sp³-hybridized carbons (Fsp3) is 0.471. The highest BCUT2D eigenvalue weighted by Crippen LogP contribution is 2.24. The Labute approximate surface area is 125 Å². The Morgan fingerprint density at radius 2 is 2.05 bits per heavy atom. The molecule has 1 aromatic carbocycles. The van der Waals surface area contributed by atoms with Gasteiger partial charge in [0.1, 0.15) is 16.9 Å². The van der Waals surface area contributed by atoms with E-state index >= 15 is 0 Å². The van der Waals surface area contributed by atoms with Crippen LogP contribution in [-0.4, -0.2) is 11.7 Å². The van der Waals surface area contributed by atoms with Crippen LogP contribution < -0.4 is 5.32 Å². The van der Waals surface area contributed by atoms with Gasteiger partial charge in [0.15, 0.2) is 0 Å². The van der Waals surface area contributed by atoms with Crippen LogP contribution in [0.4, 0.5) is 10.5 Å². The van der Waals surface area contributed by atoms with Crippen LogP contribution in [0.2, 0.25) is 0 Å². The van der Waals surface area contributed by atoms with Crippen molar-refractivity contribution in [3.63, 3.8) is 0 Å². The first-order valence-corrected chi connectivity index (χ1v) is 7.40. The van der Waals surface area contributed by atoms with Gasteiger partial charge in [-0.25, -0.2) is 4.79 Å². The third kappa shape index (κ3) is 4.52. The normalized spacial score (nSPS) is 11.6. The Kier molecular flexibility index (Phi) is 4.56. The fourth-order valence-corrected chi connectivity index (χ4v) is 2.07. The molecule has 114 valence electrons. The molecule has 0 unspecified atom stereocenters. The van der Waals surface area contributed by atoms with Crippen molar-refractivity contribution in [2.24, 2.45) is 0 Å². The van der Waals surface area contributed by atoms with Crippen LogP contribution >= 0.6 is 0 Å². The van der Waals surface area contributed by atoms with Gasteiger partial charge in [0.05, 0.1) is 0 Å². The van der Waals surface area contributed by atoms with Crippen LogP contribution in [0.25, 0.3) is 11.0 Å². The van der Waals surface area contributed by atoms with E-state index in [0.29, 0.717) is 5.69 Å². The summed E-state index contributed by atoms with van der Waals surface area (Å²) in [5.74, 6) is 0.987. The highest BCUT2D eigenvalue weighted by atomic mass is 16.6. The molecule has 21 heavy (non-hydrogen) atoms. The van der Waals surface area contributed by atoms with E-state index in [2.05, 4.69) is 12.2 Å². The molecule has 0 aliphatic rings. The quantitative estimate of drug-likeness (QED) is 0.849. The molecule has 0 aliphatic carbocycles. The van der Waals surface area contributed by atoms with Crippen molar-refractivity contribution in [3.8, 4) is 0 Å². The molecule has 2 rings (SSSR count). The summed E-state index contributed by atoms with van der Waals surface area (Å²) in [5, 5.41) is 3.74. The van der Waals surface area contributed by atoms with Gasteiger partial charge in [-0.3, -0.25) is 5.32 Å². The number of furan rings is 1. The number of ether oxygens (including phenoxy) is 1. The second-order valence-electron chi connectivity index (χ2n) is 6.20. The lowest BCUT2D eigenvalue weighted by Crippen LogP contribution is -2.27. The zero-order valence-electron chi connectivity index (χ0n) is 13.2. The van der Waals surface area contributed by atoms with Gasteiger partial charge in [-0.2, -0.15) is 0 Å². The molecular weight excluding hydrogens is 266 g/mol. The number of amides is 1. The zero-order chi connectivity index (χ0) is 15.5. The molecule has 1 N–H and O–H groups in total. The molecule has 0 saturated carbocycles. The summed E-state index contributed by atoms with van der Waals surface area (Å²) >= 11 is 0. The first kappa shape index (κ1) is 15.4. The SMILES string of the molecule is CCCCc1cc2cc(NC(=O)OC(C)(C)C)ccc2o1. The monoisotopic (exact) mass is 289 g/mol. The predicted molar refractivity (Wildman–Crippen MR) is 84.7 cm³/mol. The average molecular weight is 289 g/mol. The first-order chi connectivity index (χ1) is 9.87. The van der Waals surface area contributed by atoms with Gasteiger partial charge in [0.2, 0.25) is 0 Å². The molecular formula is C17H23NO3. The largest absolute Gasteiger partial charge is 0.461 e. The number of benzene rings is 1. The predicted octanol–water partition coefficient (Wildman–Crippen LogP) is 5.12. The van der Waals surface area contributed by atoms with E-state index < -0.39 is 11.7 Å². The maximum Gasteiger partial charge on any atom is 0.412 e. The fourth-order valence-electron chi connectivity index (χ4n) is 2.07. The van der Waals surface area contributed by atoms with Crippen LogP contribution in [0, 0.1) is 0 Å². The summed E-state index contributed by atoms with van der Waals surface area (Å²) in [6, 6.07) is 7.63. The Morgan fingerprint density at radius 3 is 2.71 bits per heavy atom. The number of hydrogen-bond donors (Lipinski definition) is 1. The van der Waals surface area contributed by atoms with E-state index in [1.165, 1.54) is 0 Å². The van der Waals surface area contributed by atoms with E-state index in [1.54, 1.807) is 0 Å². The minimum absolute atomic E-state index is 0.448. The van der Waals surface area contributed by atoms with E-state index in [1.807, 2.05) is 45.0 Å². The van der Waals surface area contributed by atoms with Crippen molar-refractivity contribution < 1.29 is 13.9 Å². The van der Waals surface area contributed by atoms with Crippen LogP contribution in [0.15, 0.2) is 28.7 Å². The highest BCUT2D eigenvalue weighted by molar-refractivity contribution is 5.89. The van der Waals surface area contributed by atoms with Crippen LogP contribution in [0.5, 0.6) is 0 Å². The molecule has 0 atom stereocenters. The van der Waals surface area contributed by atoms with Crippen molar-refractivity contribution in [1.29, 1.82) is 0 Å². The van der Waals surface area contributed by atoms with Crippen LogP contribution in [-0.2, 0) is 11.2 Å². The van der Waals surface area contributed by atoms with E-state index in [9.17, 15) is 4.79 Å². The third-order valence-electron chi connectivity index (χ3n) is 2.99. The second kappa shape index (κ2) is 6.20. The van der Waals surface area contributed by atoms with Crippen molar-refractivity contribution >= 4 is 22.7 Å². The molecule has 1 amide bonds. The average Bonchev–Trinajstić information content (AvgIpc) is 2.75. The Morgan fingerprint density at radius 1 is 1.29 bits per heavy atom. The van der Waals surface area contributed by atoms with Gasteiger partial charge in [-0.1, -0.05) is 13.3 Å². The highest BCUT2D eigenvalue weighted by Gasteiger charge is 2.16. The summed E-state index contributed by atoms with van der Waals surface area (Å²) in [5.41, 5.74) is 1.05. The Bertz CT molecular complexity index is 622. The number of nitrogens with one attached hydrogen (secondary N) is 1. The van der Waals surface area contributed by atoms with Gasteiger partial charge in [0, 0.05) is 17.5 Å². The maximum atomic E-state index is 11.8. The van der Waals surface area contributed by atoms with Crippen molar-refractivity contribution in [3.05, 3.63) is 30.0 Å². The minimum Gasteiger partial charge on any atom is -0.461 e. The minimum atomic E-state index is -0.503. The Hall–Kier alpha value is -1.97. The van der Waals surface area contributed by atoms with E-state index in [0.717, 1.165) is 36.0 Å². The molecule has 0 radical (unpaired) electrons. The lowest BCUT2D eigenvalue weighted by molar-refractivity contribution is 0.0636. The van der Waals surface area contributed by atoms with Gasteiger partial charge in [-0.05, 0) is 51.5 Å². The Balaban J connectivity index is 2.09. The molecule has 1 heterocycles. The summed E-state index contributed by atoms with van der Waals surface area (Å²) < 4.78 is 11.0. The molecule has 0 spiro atoms. The van der Waals surface area contributed by atoms with Crippen molar-refractivity contribution in [2.45, 2.75) is 52.6 Å². The van der Waals surface area contributed by atoms with Crippen molar-refractivity contribution in [1.82, 2.24) is 0 Å². The standard InChI is InChI=1S/C17H23NO3/c1-5-6-7-14-11-12-10-13(8-9-15(12)20-14)18-16(19)21-17(2,3)4/h8-11H,5-7H2,1-4H3,(H,18,19). The van der Waals surface area contributed by atoms with Crippen LogP contribution in [0.1, 0.15) is 46.3 Å². The lowest BCUT2D eigenvalue weighted by Gasteiger charge is -2.19. The van der Waals surface area contributed by atoms with Gasteiger partial charge >= 0.3 is 6.09 Å². The van der Waals surface area contributed by atoms with Gasteiger partial charge in [0.25, 0.3) is 0 Å². The number of carbonyl (C=O) groups excluding carboxylic acids is 1. The molecule has 4 heteroatoms. The lowest BCUT2D eigenvalue weighted by atomic mass is 10.2. The first-order valence-electron chi connectivity index (χ1n) is 7.40. The van der Waals surface area contributed by atoms with Crippen LogP contribution in [0.3, 0.4) is 0 Å². The molecule has 0 aliphatic heterocycles. The summed E-state index contributed by atoms with van der Waals surface area (Å²) in [4.78, 5) is 11.8. The number of rotatable bonds is 4. The third-order valence-corrected chi connectivity index (χ3v) is 2.99. The maximum absolute atomic E-state index is 11.8. The van der Waals surface area contributed by atoms with Gasteiger partial charge in [-0.15, -0.1) is 0 Å². The smallest absolute Gasteiger partial charge is 0.412 e.